The number of benzene rings is 1. The van der Waals surface area contributed by atoms with Gasteiger partial charge < -0.3 is 24.6 Å². The van der Waals surface area contributed by atoms with Crippen LogP contribution < -0.4 is 14.8 Å². The van der Waals surface area contributed by atoms with E-state index in [1.165, 1.54) is 0 Å². The standard InChI is InChI=1S/C14H21NO4/c1-3-18-14-6-10(4-5-13(14)17-2)12-9-19-11(8-16)7-15-12/h4-6,11-12,15-16H,3,7-9H2,1-2H3. The molecular formula is C14H21NO4. The summed E-state index contributed by atoms with van der Waals surface area (Å²) in [7, 11) is 1.63. The van der Waals surface area contributed by atoms with Crippen molar-refractivity contribution < 1.29 is 19.3 Å². The van der Waals surface area contributed by atoms with Gasteiger partial charge in [-0.2, -0.15) is 0 Å². The average molecular weight is 267 g/mol. The maximum Gasteiger partial charge on any atom is 0.161 e. The third-order valence-corrected chi connectivity index (χ3v) is 3.18. The fourth-order valence-corrected chi connectivity index (χ4v) is 2.13. The largest absolute Gasteiger partial charge is 0.493 e. The Labute approximate surface area is 113 Å². The van der Waals surface area contributed by atoms with Crippen LogP contribution in [0.5, 0.6) is 11.5 Å². The van der Waals surface area contributed by atoms with Crippen LogP contribution in [0.4, 0.5) is 0 Å². The molecule has 1 heterocycles. The highest BCUT2D eigenvalue weighted by Gasteiger charge is 2.22. The highest BCUT2D eigenvalue weighted by atomic mass is 16.5. The van der Waals surface area contributed by atoms with Crippen LogP contribution in [0.3, 0.4) is 0 Å². The van der Waals surface area contributed by atoms with Gasteiger partial charge in [-0.05, 0) is 24.6 Å². The van der Waals surface area contributed by atoms with Crippen LogP contribution in [-0.4, -0.2) is 44.7 Å². The van der Waals surface area contributed by atoms with Crippen molar-refractivity contribution in [3.63, 3.8) is 0 Å². The van der Waals surface area contributed by atoms with Crippen molar-refractivity contribution in [2.24, 2.45) is 0 Å². The molecule has 2 rings (SSSR count). The van der Waals surface area contributed by atoms with Crippen molar-refractivity contribution in [2.75, 3.05) is 33.5 Å². The Morgan fingerprint density at radius 2 is 2.26 bits per heavy atom. The third kappa shape index (κ3) is 3.37. The monoisotopic (exact) mass is 267 g/mol. The SMILES string of the molecule is CCOc1cc(C2COC(CO)CN2)ccc1OC. The smallest absolute Gasteiger partial charge is 0.161 e. The molecule has 106 valence electrons. The first kappa shape index (κ1) is 14.1. The zero-order valence-corrected chi connectivity index (χ0v) is 11.4. The lowest BCUT2D eigenvalue weighted by Gasteiger charge is -2.30. The fraction of sp³-hybridized carbons (Fsp3) is 0.571. The second-order valence-electron chi connectivity index (χ2n) is 4.44. The summed E-state index contributed by atoms with van der Waals surface area (Å²) in [6, 6.07) is 6.00. The molecule has 1 saturated heterocycles. The molecule has 5 heteroatoms. The summed E-state index contributed by atoms with van der Waals surface area (Å²) in [5.41, 5.74) is 1.10. The van der Waals surface area contributed by atoms with Crippen molar-refractivity contribution in [3.05, 3.63) is 23.8 Å². The van der Waals surface area contributed by atoms with E-state index in [0.29, 0.717) is 19.8 Å². The molecule has 0 saturated carbocycles. The number of aliphatic hydroxyl groups is 1. The van der Waals surface area contributed by atoms with Gasteiger partial charge in [-0.15, -0.1) is 0 Å². The topological polar surface area (TPSA) is 60.0 Å². The lowest BCUT2D eigenvalue weighted by Crippen LogP contribution is -2.42. The van der Waals surface area contributed by atoms with Crippen molar-refractivity contribution in [1.82, 2.24) is 5.32 Å². The van der Waals surface area contributed by atoms with Gasteiger partial charge in [0.25, 0.3) is 0 Å². The van der Waals surface area contributed by atoms with Crippen molar-refractivity contribution in [1.29, 1.82) is 0 Å². The maximum atomic E-state index is 9.03. The van der Waals surface area contributed by atoms with Gasteiger partial charge in [0.2, 0.25) is 0 Å². The Bertz CT molecular complexity index is 402. The van der Waals surface area contributed by atoms with Crippen LogP contribution >= 0.6 is 0 Å². The number of methoxy groups -OCH3 is 1. The molecule has 19 heavy (non-hydrogen) atoms. The fourth-order valence-electron chi connectivity index (χ4n) is 2.13. The molecule has 0 amide bonds. The molecule has 2 N–H and O–H groups in total. The Kier molecular flexibility index (Phi) is 5.01. The second kappa shape index (κ2) is 6.75. The minimum Gasteiger partial charge on any atom is -0.493 e. The molecule has 1 aromatic rings. The summed E-state index contributed by atoms with van der Waals surface area (Å²) in [6.45, 7) is 3.79. The summed E-state index contributed by atoms with van der Waals surface area (Å²) in [6.07, 6.45) is -0.110. The van der Waals surface area contributed by atoms with Crippen molar-refractivity contribution in [2.45, 2.75) is 19.1 Å². The highest BCUT2D eigenvalue weighted by Crippen LogP contribution is 2.31. The van der Waals surface area contributed by atoms with E-state index in [1.807, 2.05) is 25.1 Å². The maximum absolute atomic E-state index is 9.03. The van der Waals surface area contributed by atoms with E-state index in [2.05, 4.69) is 5.32 Å². The van der Waals surface area contributed by atoms with Crippen molar-refractivity contribution >= 4 is 0 Å². The number of rotatable bonds is 5. The van der Waals surface area contributed by atoms with Gasteiger partial charge in [0, 0.05) is 6.54 Å². The first-order valence-corrected chi connectivity index (χ1v) is 6.55. The molecule has 1 aliphatic rings. The van der Waals surface area contributed by atoms with E-state index < -0.39 is 0 Å². The van der Waals surface area contributed by atoms with E-state index in [9.17, 15) is 0 Å². The van der Waals surface area contributed by atoms with Crippen LogP contribution in [0.2, 0.25) is 0 Å². The molecule has 0 radical (unpaired) electrons. The van der Waals surface area contributed by atoms with Gasteiger partial charge in [0.15, 0.2) is 11.5 Å². The molecule has 0 spiro atoms. The van der Waals surface area contributed by atoms with Gasteiger partial charge in [-0.25, -0.2) is 0 Å². The molecule has 0 bridgehead atoms. The summed E-state index contributed by atoms with van der Waals surface area (Å²) in [5, 5.41) is 12.4. The molecule has 1 fully saturated rings. The van der Waals surface area contributed by atoms with Crippen molar-refractivity contribution in [3.8, 4) is 11.5 Å². The van der Waals surface area contributed by atoms with Crippen LogP contribution in [0.15, 0.2) is 18.2 Å². The molecule has 0 aromatic heterocycles. The zero-order chi connectivity index (χ0) is 13.7. The van der Waals surface area contributed by atoms with Crippen LogP contribution in [0, 0.1) is 0 Å². The lowest BCUT2D eigenvalue weighted by molar-refractivity contribution is -0.0259. The van der Waals surface area contributed by atoms with Gasteiger partial charge in [0.1, 0.15) is 0 Å². The third-order valence-electron chi connectivity index (χ3n) is 3.18. The average Bonchev–Trinajstić information content (AvgIpc) is 2.47. The van der Waals surface area contributed by atoms with Gasteiger partial charge in [-0.1, -0.05) is 6.07 Å². The molecule has 2 unspecified atom stereocenters. The van der Waals surface area contributed by atoms with Crippen LogP contribution in [0.1, 0.15) is 18.5 Å². The summed E-state index contributed by atoms with van der Waals surface area (Å²) < 4.78 is 16.4. The predicted molar refractivity (Wildman–Crippen MR) is 71.7 cm³/mol. The van der Waals surface area contributed by atoms with Gasteiger partial charge >= 0.3 is 0 Å². The van der Waals surface area contributed by atoms with Gasteiger partial charge in [0.05, 0.1) is 39.1 Å². The minimum atomic E-state index is -0.110. The normalized spacial score (nSPS) is 23.1. The predicted octanol–water partition coefficient (Wildman–Crippen LogP) is 1.12. The first-order chi connectivity index (χ1) is 9.28. The summed E-state index contributed by atoms with van der Waals surface area (Å²) in [4.78, 5) is 0. The van der Waals surface area contributed by atoms with Crippen LogP contribution in [0.25, 0.3) is 0 Å². The van der Waals surface area contributed by atoms with E-state index >= 15 is 0 Å². The quantitative estimate of drug-likeness (QED) is 0.837. The molecule has 5 nitrogen and oxygen atoms in total. The number of aliphatic hydroxyl groups excluding tert-OH is 1. The summed E-state index contributed by atoms with van der Waals surface area (Å²) >= 11 is 0. The van der Waals surface area contributed by atoms with Crippen LogP contribution in [-0.2, 0) is 4.74 Å². The Hall–Kier alpha value is -1.30. The van der Waals surface area contributed by atoms with Gasteiger partial charge in [-0.3, -0.25) is 0 Å². The molecule has 2 atom stereocenters. The van der Waals surface area contributed by atoms with E-state index in [-0.39, 0.29) is 18.8 Å². The molecule has 1 aliphatic heterocycles. The molecular weight excluding hydrogens is 246 g/mol. The second-order valence-corrected chi connectivity index (χ2v) is 4.44. The zero-order valence-electron chi connectivity index (χ0n) is 11.4. The first-order valence-electron chi connectivity index (χ1n) is 6.55. The summed E-state index contributed by atoms with van der Waals surface area (Å²) in [5.74, 6) is 1.48. The Morgan fingerprint density at radius 3 is 2.84 bits per heavy atom. The number of nitrogens with one attached hydrogen (secondary N) is 1. The highest BCUT2D eigenvalue weighted by molar-refractivity contribution is 5.44. The Balaban J connectivity index is 2.10. The molecule has 0 aliphatic carbocycles. The molecule has 1 aromatic carbocycles. The van der Waals surface area contributed by atoms with E-state index in [1.54, 1.807) is 7.11 Å². The number of ether oxygens (including phenoxy) is 3. The van der Waals surface area contributed by atoms with E-state index in [4.69, 9.17) is 19.3 Å². The minimum absolute atomic E-state index is 0.0481. The Morgan fingerprint density at radius 1 is 1.42 bits per heavy atom. The van der Waals surface area contributed by atoms with E-state index in [0.717, 1.165) is 17.1 Å². The number of hydrogen-bond acceptors (Lipinski definition) is 5. The number of morpholine rings is 1. The number of hydrogen-bond donors (Lipinski definition) is 2. The lowest BCUT2D eigenvalue weighted by atomic mass is 10.1.